The van der Waals surface area contributed by atoms with Crippen molar-refractivity contribution in [1.82, 2.24) is 0 Å². The number of ether oxygens (including phenoxy) is 1. The molecule has 1 atom stereocenters. The minimum Gasteiger partial charge on any atom is -0.444 e. The lowest BCUT2D eigenvalue weighted by atomic mass is 10.2. The fraction of sp³-hybridized carbons (Fsp3) is 0.429. The van der Waals surface area contributed by atoms with Gasteiger partial charge in [-0.25, -0.2) is 4.79 Å². The van der Waals surface area contributed by atoms with E-state index >= 15 is 0 Å². The Morgan fingerprint density at radius 3 is 3.10 bits per heavy atom. The molecule has 1 unspecified atom stereocenters. The Morgan fingerprint density at radius 2 is 2.30 bits per heavy atom. The fourth-order valence-corrected chi connectivity index (χ4v) is 3.23. The second-order valence-electron chi connectivity index (χ2n) is 4.92. The molecule has 1 aromatic rings. The molecule has 2 aliphatic rings. The smallest absolute Gasteiger partial charge is 0.414 e. The van der Waals surface area contributed by atoms with Crippen molar-refractivity contribution in [2.24, 2.45) is 0 Å². The number of cyclic esters (lactones) is 1. The van der Waals surface area contributed by atoms with Gasteiger partial charge in [0.05, 0.1) is 18.0 Å². The van der Waals surface area contributed by atoms with E-state index in [1.165, 1.54) is 11.8 Å². The molecular weight excluding hydrogens is 276 g/mol. The summed E-state index contributed by atoms with van der Waals surface area (Å²) in [5.74, 6) is 0.434. The molecule has 1 fully saturated rings. The highest BCUT2D eigenvalue weighted by Gasteiger charge is 2.32. The molecule has 1 saturated heterocycles. The first-order chi connectivity index (χ1) is 9.67. The average Bonchev–Trinajstić information content (AvgIpc) is 2.79. The highest BCUT2D eigenvalue weighted by molar-refractivity contribution is 8.00. The molecule has 2 heterocycles. The van der Waals surface area contributed by atoms with Crippen LogP contribution in [0.5, 0.6) is 0 Å². The van der Waals surface area contributed by atoms with Crippen molar-refractivity contribution in [3.8, 4) is 0 Å². The van der Waals surface area contributed by atoms with Crippen molar-refractivity contribution in [3.05, 3.63) is 18.2 Å². The minimum atomic E-state index is -0.307. The van der Waals surface area contributed by atoms with Gasteiger partial charge in [-0.05, 0) is 24.6 Å². The number of thioether (sulfide) groups is 1. The number of carbonyl (C=O) groups is 2. The van der Waals surface area contributed by atoms with Crippen LogP contribution < -0.4 is 10.2 Å². The number of rotatable bonds is 3. The molecule has 5 nitrogen and oxygen atoms in total. The van der Waals surface area contributed by atoms with E-state index in [2.05, 4.69) is 12.2 Å². The van der Waals surface area contributed by atoms with Gasteiger partial charge in [0.1, 0.15) is 6.10 Å². The summed E-state index contributed by atoms with van der Waals surface area (Å²) >= 11 is 1.51. The van der Waals surface area contributed by atoms with Crippen molar-refractivity contribution in [1.29, 1.82) is 0 Å². The summed E-state index contributed by atoms with van der Waals surface area (Å²) < 4.78 is 5.33. The third-order valence-electron chi connectivity index (χ3n) is 3.39. The molecule has 106 valence electrons. The van der Waals surface area contributed by atoms with Gasteiger partial charge in [0.2, 0.25) is 5.91 Å². The fourth-order valence-electron chi connectivity index (χ4n) is 2.44. The predicted octanol–water partition coefficient (Wildman–Crippen LogP) is 2.86. The molecular formula is C14H16N2O3S. The Bertz CT molecular complexity index is 561. The molecule has 2 aliphatic heterocycles. The number of nitrogens with zero attached hydrogens (tertiary/aromatic N) is 1. The number of amides is 2. The van der Waals surface area contributed by atoms with E-state index in [9.17, 15) is 9.59 Å². The first kappa shape index (κ1) is 13.3. The van der Waals surface area contributed by atoms with Gasteiger partial charge in [-0.15, -0.1) is 11.8 Å². The molecule has 0 bridgehead atoms. The lowest BCUT2D eigenvalue weighted by Crippen LogP contribution is -2.25. The zero-order valence-corrected chi connectivity index (χ0v) is 12.0. The molecule has 6 heteroatoms. The van der Waals surface area contributed by atoms with Crippen LogP contribution in [0.15, 0.2) is 23.1 Å². The standard InChI is InChI=1S/C14H16N2O3S/c1-2-3-10-7-16(14(18)19-10)9-4-5-12-11(6-9)15-13(17)8-20-12/h4-6,10H,2-3,7-8H2,1H3,(H,15,17). The van der Waals surface area contributed by atoms with Gasteiger partial charge in [0.15, 0.2) is 0 Å². The number of fused-ring (bicyclic) bond motifs is 1. The van der Waals surface area contributed by atoms with Crippen LogP contribution in [0.2, 0.25) is 0 Å². The zero-order chi connectivity index (χ0) is 14.1. The largest absolute Gasteiger partial charge is 0.444 e. The normalized spacial score (nSPS) is 21.4. The van der Waals surface area contributed by atoms with Gasteiger partial charge in [0.25, 0.3) is 0 Å². The molecule has 1 aromatic carbocycles. The highest BCUT2D eigenvalue weighted by atomic mass is 32.2. The summed E-state index contributed by atoms with van der Waals surface area (Å²) in [7, 11) is 0. The monoisotopic (exact) mass is 292 g/mol. The predicted molar refractivity (Wildman–Crippen MR) is 78.3 cm³/mol. The van der Waals surface area contributed by atoms with E-state index in [0.717, 1.165) is 29.1 Å². The number of hydrogen-bond acceptors (Lipinski definition) is 4. The molecule has 1 N–H and O–H groups in total. The third-order valence-corrected chi connectivity index (χ3v) is 4.47. The van der Waals surface area contributed by atoms with Crippen LogP contribution >= 0.6 is 11.8 Å². The lowest BCUT2D eigenvalue weighted by Gasteiger charge is -2.19. The molecule has 0 aromatic heterocycles. The second kappa shape index (κ2) is 5.36. The van der Waals surface area contributed by atoms with Gasteiger partial charge >= 0.3 is 6.09 Å². The zero-order valence-electron chi connectivity index (χ0n) is 11.2. The van der Waals surface area contributed by atoms with Crippen LogP contribution in [0.1, 0.15) is 19.8 Å². The Hall–Kier alpha value is -1.69. The van der Waals surface area contributed by atoms with Crippen molar-refractivity contribution in [2.75, 3.05) is 22.5 Å². The van der Waals surface area contributed by atoms with Gasteiger partial charge in [-0.2, -0.15) is 0 Å². The third kappa shape index (κ3) is 2.47. The topological polar surface area (TPSA) is 58.6 Å². The first-order valence-electron chi connectivity index (χ1n) is 6.72. The quantitative estimate of drug-likeness (QED) is 0.930. The number of carbonyl (C=O) groups excluding carboxylic acids is 2. The van der Waals surface area contributed by atoms with E-state index < -0.39 is 0 Å². The second-order valence-corrected chi connectivity index (χ2v) is 5.94. The van der Waals surface area contributed by atoms with Crippen LogP contribution in [-0.2, 0) is 9.53 Å². The number of hydrogen-bond donors (Lipinski definition) is 1. The first-order valence-corrected chi connectivity index (χ1v) is 7.71. The van der Waals surface area contributed by atoms with E-state index in [1.807, 2.05) is 18.2 Å². The number of anilines is 2. The lowest BCUT2D eigenvalue weighted by molar-refractivity contribution is -0.113. The van der Waals surface area contributed by atoms with E-state index in [0.29, 0.717) is 12.3 Å². The molecule has 3 rings (SSSR count). The molecule has 0 aliphatic carbocycles. The van der Waals surface area contributed by atoms with Gasteiger partial charge in [-0.1, -0.05) is 13.3 Å². The van der Waals surface area contributed by atoms with E-state index in [-0.39, 0.29) is 18.1 Å². The molecule has 0 spiro atoms. The van der Waals surface area contributed by atoms with Gasteiger partial charge in [0, 0.05) is 10.6 Å². The summed E-state index contributed by atoms with van der Waals surface area (Å²) in [6.45, 7) is 2.65. The summed E-state index contributed by atoms with van der Waals surface area (Å²) in [5.41, 5.74) is 1.55. The minimum absolute atomic E-state index is 0.00694. The Morgan fingerprint density at radius 1 is 1.45 bits per heavy atom. The SMILES string of the molecule is CCCC1CN(c2ccc3c(c2)NC(=O)CS3)C(=O)O1. The van der Waals surface area contributed by atoms with Crippen LogP contribution in [-0.4, -0.2) is 30.4 Å². The molecule has 0 radical (unpaired) electrons. The maximum Gasteiger partial charge on any atom is 0.414 e. The summed E-state index contributed by atoms with van der Waals surface area (Å²) in [4.78, 5) is 26.0. The van der Waals surface area contributed by atoms with E-state index in [1.54, 1.807) is 4.90 Å². The Kier molecular flexibility index (Phi) is 3.56. The maximum absolute atomic E-state index is 11.9. The summed E-state index contributed by atoms with van der Waals surface area (Å²) in [5, 5.41) is 2.84. The van der Waals surface area contributed by atoms with Gasteiger partial charge < -0.3 is 10.1 Å². The van der Waals surface area contributed by atoms with Crippen LogP contribution in [0.4, 0.5) is 16.2 Å². The van der Waals surface area contributed by atoms with Crippen LogP contribution in [0.3, 0.4) is 0 Å². The maximum atomic E-state index is 11.9. The van der Waals surface area contributed by atoms with Crippen LogP contribution in [0.25, 0.3) is 0 Å². The van der Waals surface area contributed by atoms with Crippen molar-refractivity contribution < 1.29 is 14.3 Å². The molecule has 20 heavy (non-hydrogen) atoms. The van der Waals surface area contributed by atoms with E-state index in [4.69, 9.17) is 4.74 Å². The van der Waals surface area contributed by atoms with Crippen molar-refractivity contribution in [2.45, 2.75) is 30.8 Å². The number of benzene rings is 1. The molecule has 2 amide bonds. The van der Waals surface area contributed by atoms with Gasteiger partial charge in [-0.3, -0.25) is 9.69 Å². The highest BCUT2D eigenvalue weighted by Crippen LogP contribution is 2.35. The summed E-state index contributed by atoms with van der Waals surface area (Å²) in [6.07, 6.45) is 1.52. The molecule has 0 saturated carbocycles. The van der Waals surface area contributed by atoms with Crippen molar-refractivity contribution >= 4 is 35.1 Å². The number of nitrogens with one attached hydrogen (secondary N) is 1. The Balaban J connectivity index is 1.82. The Labute approximate surface area is 121 Å². The summed E-state index contributed by atoms with van der Waals surface area (Å²) in [6, 6.07) is 5.68. The average molecular weight is 292 g/mol. The van der Waals surface area contributed by atoms with Crippen molar-refractivity contribution in [3.63, 3.8) is 0 Å². The van der Waals surface area contributed by atoms with Crippen LogP contribution in [0, 0.1) is 0 Å².